The maximum atomic E-state index is 13.4. The zero-order valence-corrected chi connectivity index (χ0v) is 17.6. The summed E-state index contributed by atoms with van der Waals surface area (Å²) in [6.45, 7) is 2.73. The molecule has 6 heteroatoms. The third kappa shape index (κ3) is 3.09. The molecule has 4 nitrogen and oxygen atoms in total. The van der Waals surface area contributed by atoms with Crippen LogP contribution < -0.4 is 0 Å². The predicted molar refractivity (Wildman–Crippen MR) is 109 cm³/mol. The van der Waals surface area contributed by atoms with Gasteiger partial charge in [0.2, 0.25) is 0 Å². The molecule has 0 bridgehead atoms. The molecule has 0 amide bonds. The zero-order chi connectivity index (χ0) is 21.1. The van der Waals surface area contributed by atoms with Gasteiger partial charge in [-0.15, -0.1) is 0 Å². The molecular weight excluding hydrogens is 386 g/mol. The molecule has 1 aromatic rings. The number of alkyl halides is 2. The Morgan fingerprint density at radius 3 is 2.83 bits per heavy atom. The summed E-state index contributed by atoms with van der Waals surface area (Å²) >= 11 is 0. The van der Waals surface area contributed by atoms with Crippen LogP contribution in [0.3, 0.4) is 0 Å². The van der Waals surface area contributed by atoms with Crippen LogP contribution in [0.4, 0.5) is 8.78 Å². The first-order valence-electron chi connectivity index (χ1n) is 11.5. The number of imidazole rings is 1. The highest BCUT2D eigenvalue weighted by Crippen LogP contribution is 2.63. The molecule has 7 atom stereocenters. The minimum Gasteiger partial charge on any atom is -0.384 e. The van der Waals surface area contributed by atoms with E-state index in [1.54, 1.807) is 12.5 Å². The molecule has 0 aliphatic heterocycles. The highest BCUT2D eigenvalue weighted by atomic mass is 19.3. The third-order valence-electron chi connectivity index (χ3n) is 9.23. The number of aliphatic hydroxyl groups is 1. The van der Waals surface area contributed by atoms with Gasteiger partial charge >= 0.3 is 0 Å². The van der Waals surface area contributed by atoms with E-state index in [0.717, 1.165) is 37.7 Å². The third-order valence-corrected chi connectivity index (χ3v) is 9.23. The number of carbonyl (C=O) groups excluding carboxylic acids is 1. The van der Waals surface area contributed by atoms with E-state index in [1.165, 1.54) is 0 Å². The smallest absolute Gasteiger partial charge is 0.267 e. The highest BCUT2D eigenvalue weighted by Gasteiger charge is 2.58. The Morgan fingerprint density at radius 1 is 1.27 bits per heavy atom. The van der Waals surface area contributed by atoms with E-state index in [4.69, 9.17) is 0 Å². The molecule has 4 aliphatic rings. The van der Waals surface area contributed by atoms with Crippen molar-refractivity contribution in [2.75, 3.05) is 0 Å². The maximum absolute atomic E-state index is 13.4. The molecular formula is C24H32F2N2O2. The average molecular weight is 419 g/mol. The summed E-state index contributed by atoms with van der Waals surface area (Å²) in [5.41, 5.74) is -0.723. The van der Waals surface area contributed by atoms with Gasteiger partial charge in [0.1, 0.15) is 5.60 Å². The van der Waals surface area contributed by atoms with Crippen molar-refractivity contribution >= 4 is 5.78 Å². The summed E-state index contributed by atoms with van der Waals surface area (Å²) in [5, 5.41) is 10.3. The molecule has 3 fully saturated rings. The number of ketones is 1. The van der Waals surface area contributed by atoms with Crippen LogP contribution >= 0.6 is 0 Å². The quantitative estimate of drug-likeness (QED) is 0.725. The van der Waals surface area contributed by atoms with Gasteiger partial charge in [-0.05, 0) is 74.0 Å². The van der Waals surface area contributed by atoms with Gasteiger partial charge in [-0.25, -0.2) is 13.8 Å². The van der Waals surface area contributed by atoms with Crippen molar-refractivity contribution in [3.8, 4) is 0 Å². The molecule has 0 saturated heterocycles. The standard InChI is InChI=1S/C24H32F2N2O2/c1-23-8-6-17-16-7-9-24(30,22(25)26)12-15(16)2-3-18(17)19(23)4-5-20(23)21(29)13-28-11-10-27-14-28/h2,10-11,14,16-20,22,30H,3-9,12-13H2,1H3/t16-,17+,18+,19-,20+,23-,24+/m0/s1. The van der Waals surface area contributed by atoms with Gasteiger partial charge < -0.3 is 9.67 Å². The number of nitrogens with zero attached hydrogens (tertiary/aromatic N) is 2. The number of halogens is 2. The highest BCUT2D eigenvalue weighted by molar-refractivity contribution is 5.82. The van der Waals surface area contributed by atoms with Gasteiger partial charge in [0, 0.05) is 24.7 Å². The van der Waals surface area contributed by atoms with Gasteiger partial charge in [-0.2, -0.15) is 0 Å². The lowest BCUT2D eigenvalue weighted by molar-refractivity contribution is -0.131. The SMILES string of the molecule is C[C@]12CC[C@H]3[C@@H](CC=C4C[C@@](O)(C(F)F)CC[C@@H]43)[C@@H]1CC[C@@H]2C(=O)Cn1ccnc1. The lowest BCUT2D eigenvalue weighted by atomic mass is 9.51. The van der Waals surface area contributed by atoms with E-state index in [0.29, 0.717) is 42.4 Å². The number of rotatable bonds is 4. The number of fused-ring (bicyclic) bond motifs is 5. The maximum Gasteiger partial charge on any atom is 0.267 e. The summed E-state index contributed by atoms with van der Waals surface area (Å²) in [6.07, 6.45) is 10.8. The van der Waals surface area contributed by atoms with E-state index in [-0.39, 0.29) is 24.2 Å². The molecule has 30 heavy (non-hydrogen) atoms. The van der Waals surface area contributed by atoms with Crippen LogP contribution in [0.2, 0.25) is 0 Å². The molecule has 0 spiro atoms. The Hall–Kier alpha value is -1.56. The first-order valence-corrected chi connectivity index (χ1v) is 11.5. The number of hydrogen-bond acceptors (Lipinski definition) is 3. The fourth-order valence-electron chi connectivity index (χ4n) is 7.70. The van der Waals surface area contributed by atoms with Crippen molar-refractivity contribution in [1.82, 2.24) is 9.55 Å². The van der Waals surface area contributed by atoms with Crippen molar-refractivity contribution in [3.05, 3.63) is 30.4 Å². The monoisotopic (exact) mass is 418 g/mol. The summed E-state index contributed by atoms with van der Waals surface area (Å²) in [4.78, 5) is 17.2. The lowest BCUT2D eigenvalue weighted by Gasteiger charge is -2.54. The Labute approximate surface area is 176 Å². The van der Waals surface area contributed by atoms with Crippen molar-refractivity contribution in [3.63, 3.8) is 0 Å². The Morgan fingerprint density at radius 2 is 2.10 bits per heavy atom. The molecule has 0 aromatic carbocycles. The van der Waals surface area contributed by atoms with E-state index in [9.17, 15) is 18.7 Å². The first-order chi connectivity index (χ1) is 14.3. The number of hydrogen-bond donors (Lipinski definition) is 1. The first kappa shape index (κ1) is 20.3. The number of Topliss-reactive ketones (excluding diaryl/α,β-unsaturated/α-hetero) is 1. The molecule has 5 rings (SSSR count). The van der Waals surface area contributed by atoms with Crippen molar-refractivity contribution in [1.29, 1.82) is 0 Å². The average Bonchev–Trinajstić information content (AvgIpc) is 3.34. The molecule has 1 N–H and O–H groups in total. The van der Waals surface area contributed by atoms with Crippen molar-refractivity contribution in [2.24, 2.45) is 35.0 Å². The predicted octanol–water partition coefficient (Wildman–Crippen LogP) is 4.64. The van der Waals surface area contributed by atoms with E-state index < -0.39 is 12.0 Å². The van der Waals surface area contributed by atoms with Crippen LogP contribution in [0.5, 0.6) is 0 Å². The summed E-state index contributed by atoms with van der Waals surface area (Å²) < 4.78 is 28.6. The normalized spacial score (nSPS) is 43.0. The second-order valence-corrected chi connectivity index (χ2v) is 10.6. The van der Waals surface area contributed by atoms with Gasteiger partial charge in [0.15, 0.2) is 5.78 Å². The number of allylic oxidation sites excluding steroid dienone is 1. The summed E-state index contributed by atoms with van der Waals surface area (Å²) in [6, 6.07) is 0. The summed E-state index contributed by atoms with van der Waals surface area (Å²) in [5.74, 6) is 2.36. The Bertz CT molecular complexity index is 838. The minimum atomic E-state index is -2.68. The number of carbonyl (C=O) groups is 1. The van der Waals surface area contributed by atoms with E-state index >= 15 is 0 Å². The van der Waals surface area contributed by atoms with Gasteiger partial charge in [-0.3, -0.25) is 4.79 Å². The molecule has 164 valence electrons. The lowest BCUT2D eigenvalue weighted by Crippen LogP contribution is -2.50. The Kier molecular flexibility index (Phi) is 4.92. The van der Waals surface area contributed by atoms with Crippen molar-refractivity contribution < 1.29 is 18.7 Å². The second kappa shape index (κ2) is 7.25. The largest absolute Gasteiger partial charge is 0.384 e. The Balaban J connectivity index is 1.34. The van der Waals surface area contributed by atoms with Crippen molar-refractivity contribution in [2.45, 2.75) is 76.9 Å². The second-order valence-electron chi connectivity index (χ2n) is 10.6. The fourth-order valence-corrected chi connectivity index (χ4v) is 7.70. The van der Waals surface area contributed by atoms with Gasteiger partial charge in [0.25, 0.3) is 6.43 Å². The van der Waals surface area contributed by atoms with Gasteiger partial charge in [0.05, 0.1) is 12.9 Å². The van der Waals surface area contributed by atoms with Crippen LogP contribution in [0.1, 0.15) is 58.3 Å². The van der Waals surface area contributed by atoms with Crippen LogP contribution in [-0.4, -0.2) is 32.5 Å². The zero-order valence-electron chi connectivity index (χ0n) is 17.6. The molecule has 1 aromatic heterocycles. The van der Waals surface area contributed by atoms with Gasteiger partial charge in [-0.1, -0.05) is 18.6 Å². The van der Waals surface area contributed by atoms with Crippen LogP contribution in [-0.2, 0) is 11.3 Å². The van der Waals surface area contributed by atoms with Crippen LogP contribution in [0.15, 0.2) is 30.4 Å². The molecule has 0 radical (unpaired) electrons. The molecule has 1 heterocycles. The molecule has 0 unspecified atom stereocenters. The number of aromatic nitrogens is 2. The van der Waals surface area contributed by atoms with Crippen LogP contribution in [0, 0.1) is 35.0 Å². The fraction of sp³-hybridized carbons (Fsp3) is 0.750. The van der Waals surface area contributed by atoms with E-state index in [2.05, 4.69) is 18.0 Å². The summed E-state index contributed by atoms with van der Waals surface area (Å²) in [7, 11) is 0. The van der Waals surface area contributed by atoms with Crippen LogP contribution in [0.25, 0.3) is 0 Å². The topological polar surface area (TPSA) is 55.1 Å². The minimum absolute atomic E-state index is 0.0442. The van der Waals surface area contributed by atoms with E-state index in [1.807, 2.05) is 10.8 Å². The molecule has 3 saturated carbocycles. The molecule has 4 aliphatic carbocycles.